The van der Waals surface area contributed by atoms with Gasteiger partial charge in [0.15, 0.2) is 5.79 Å². The Morgan fingerprint density at radius 1 is 1.29 bits per heavy atom. The van der Waals surface area contributed by atoms with E-state index in [1.165, 1.54) is 0 Å². The monoisotopic (exact) mass is 388 g/mol. The molecular weight excluding hydrogens is 371 g/mol. The van der Waals surface area contributed by atoms with Crippen molar-refractivity contribution in [3.63, 3.8) is 0 Å². The molecule has 2 unspecified atom stereocenters. The van der Waals surface area contributed by atoms with Crippen LogP contribution in [0.4, 0.5) is 0 Å². The van der Waals surface area contributed by atoms with E-state index in [1.807, 2.05) is 10.8 Å². The molecule has 0 saturated carbocycles. The number of benzene rings is 1. The minimum absolute atomic E-state index is 0.102. The molecule has 1 aromatic carbocycles. The van der Waals surface area contributed by atoms with Crippen molar-refractivity contribution in [2.45, 2.75) is 44.6 Å². The first-order chi connectivity index (χ1) is 11.5. The van der Waals surface area contributed by atoms with E-state index < -0.39 is 5.79 Å². The lowest BCUT2D eigenvalue weighted by Gasteiger charge is -2.29. The Morgan fingerprint density at radius 3 is 2.62 bits per heavy atom. The van der Waals surface area contributed by atoms with Crippen LogP contribution in [-0.4, -0.2) is 28.0 Å². The maximum Gasteiger partial charge on any atom is 0.187 e. The molecule has 0 spiro atoms. The van der Waals surface area contributed by atoms with Gasteiger partial charge in [0.05, 0.1) is 25.6 Å². The molecular formula is C17H19Cl3N2O2. The van der Waals surface area contributed by atoms with Crippen LogP contribution in [0.1, 0.15) is 25.3 Å². The molecule has 130 valence electrons. The Balaban J connectivity index is 1.78. The Kier molecular flexibility index (Phi) is 5.73. The topological polar surface area (TPSA) is 36.3 Å². The van der Waals surface area contributed by atoms with Gasteiger partial charge in [-0.05, 0) is 30.5 Å². The lowest BCUT2D eigenvalue weighted by Crippen LogP contribution is -2.36. The highest BCUT2D eigenvalue weighted by molar-refractivity contribution is 6.39. The van der Waals surface area contributed by atoms with Crippen LogP contribution in [0.5, 0.6) is 0 Å². The Labute approximate surface area is 156 Å². The normalized spacial score (nSPS) is 23.8. The number of hydrogen-bond donors (Lipinski definition) is 0. The van der Waals surface area contributed by atoms with E-state index in [4.69, 9.17) is 44.3 Å². The Hall–Kier alpha value is -0.780. The van der Waals surface area contributed by atoms with Crippen molar-refractivity contribution in [3.8, 4) is 0 Å². The fourth-order valence-electron chi connectivity index (χ4n) is 2.90. The number of hydrogen-bond acceptors (Lipinski definition) is 3. The number of aromatic nitrogens is 2. The molecule has 1 fully saturated rings. The lowest BCUT2D eigenvalue weighted by atomic mass is 10.0. The summed E-state index contributed by atoms with van der Waals surface area (Å²) in [6.07, 6.45) is 7.69. The molecule has 0 aliphatic carbocycles. The SMILES string of the molecule is CCC1COC(CCc2c(Cl)cc(Cl)cc2Cl)(Cn2ccnc2)O1. The fraction of sp³-hybridized carbons (Fsp3) is 0.471. The quantitative estimate of drug-likeness (QED) is 0.697. The average Bonchev–Trinajstić information content (AvgIpc) is 3.17. The van der Waals surface area contributed by atoms with Crippen LogP contribution in [0.2, 0.25) is 15.1 Å². The van der Waals surface area contributed by atoms with E-state index in [0.29, 0.717) is 41.1 Å². The molecule has 3 rings (SSSR count). The minimum atomic E-state index is -0.701. The highest BCUT2D eigenvalue weighted by atomic mass is 35.5. The van der Waals surface area contributed by atoms with E-state index in [0.717, 1.165) is 12.0 Å². The summed E-state index contributed by atoms with van der Waals surface area (Å²) in [6.45, 7) is 3.26. The van der Waals surface area contributed by atoms with Crippen molar-refractivity contribution in [3.05, 3.63) is 51.5 Å². The summed E-state index contributed by atoms with van der Waals surface area (Å²) < 4.78 is 14.2. The first-order valence-electron chi connectivity index (χ1n) is 7.92. The summed E-state index contributed by atoms with van der Waals surface area (Å²) in [6, 6.07) is 3.41. The number of halogens is 3. The molecule has 4 nitrogen and oxygen atoms in total. The van der Waals surface area contributed by atoms with Crippen LogP contribution in [0, 0.1) is 0 Å². The van der Waals surface area contributed by atoms with Crippen LogP contribution in [0.15, 0.2) is 30.9 Å². The summed E-state index contributed by atoms with van der Waals surface area (Å²) in [7, 11) is 0. The van der Waals surface area contributed by atoms with Crippen LogP contribution in [0.3, 0.4) is 0 Å². The maximum atomic E-state index is 6.30. The van der Waals surface area contributed by atoms with Gasteiger partial charge in [0.1, 0.15) is 0 Å². The molecule has 1 aliphatic rings. The van der Waals surface area contributed by atoms with Crippen LogP contribution >= 0.6 is 34.8 Å². The predicted octanol–water partition coefficient (Wildman–Crippen LogP) is 5.00. The summed E-state index contributed by atoms with van der Waals surface area (Å²) >= 11 is 18.6. The van der Waals surface area contributed by atoms with Gasteiger partial charge in [-0.2, -0.15) is 0 Å². The van der Waals surface area contributed by atoms with Gasteiger partial charge in [0.2, 0.25) is 0 Å². The predicted molar refractivity (Wildman–Crippen MR) is 95.9 cm³/mol. The van der Waals surface area contributed by atoms with Crippen molar-refractivity contribution in [2.75, 3.05) is 6.61 Å². The van der Waals surface area contributed by atoms with E-state index in [9.17, 15) is 0 Å². The second-order valence-corrected chi connectivity index (χ2v) is 7.20. The van der Waals surface area contributed by atoms with Crippen LogP contribution in [0.25, 0.3) is 0 Å². The smallest absolute Gasteiger partial charge is 0.187 e. The third kappa shape index (κ3) is 4.06. The lowest BCUT2D eigenvalue weighted by molar-refractivity contribution is -0.182. The van der Waals surface area contributed by atoms with E-state index in [-0.39, 0.29) is 6.10 Å². The number of rotatable bonds is 6. The fourth-order valence-corrected chi connectivity index (χ4v) is 3.90. The highest BCUT2D eigenvalue weighted by Gasteiger charge is 2.41. The average molecular weight is 390 g/mol. The van der Waals surface area contributed by atoms with Crippen molar-refractivity contribution >= 4 is 34.8 Å². The Morgan fingerprint density at radius 2 is 2.04 bits per heavy atom. The van der Waals surface area contributed by atoms with Gasteiger partial charge < -0.3 is 14.0 Å². The van der Waals surface area contributed by atoms with Crippen molar-refractivity contribution in [2.24, 2.45) is 0 Å². The molecule has 0 N–H and O–H groups in total. The highest BCUT2D eigenvalue weighted by Crippen LogP contribution is 2.35. The molecule has 24 heavy (non-hydrogen) atoms. The molecule has 2 heterocycles. The zero-order valence-electron chi connectivity index (χ0n) is 13.3. The van der Waals surface area contributed by atoms with Crippen molar-refractivity contribution in [1.82, 2.24) is 9.55 Å². The number of nitrogens with zero attached hydrogens (tertiary/aromatic N) is 2. The van der Waals surface area contributed by atoms with Gasteiger partial charge >= 0.3 is 0 Å². The molecule has 2 aromatic rings. The van der Waals surface area contributed by atoms with Crippen molar-refractivity contribution in [1.29, 1.82) is 0 Å². The van der Waals surface area contributed by atoms with Crippen molar-refractivity contribution < 1.29 is 9.47 Å². The van der Waals surface area contributed by atoms with E-state index in [1.54, 1.807) is 24.7 Å². The number of ether oxygens (including phenoxy) is 2. The molecule has 0 radical (unpaired) electrons. The molecule has 7 heteroatoms. The standard InChI is InChI=1S/C17H19Cl3N2O2/c1-2-13-9-23-17(24-13,10-22-6-5-21-11-22)4-3-14-15(19)7-12(18)8-16(14)20/h5-8,11,13H,2-4,9-10H2,1H3. The van der Waals surface area contributed by atoms with Gasteiger partial charge in [-0.1, -0.05) is 41.7 Å². The largest absolute Gasteiger partial charge is 0.345 e. The molecule has 1 aromatic heterocycles. The van der Waals surface area contributed by atoms with Crippen LogP contribution in [-0.2, 0) is 22.4 Å². The molecule has 0 bridgehead atoms. The third-order valence-electron chi connectivity index (χ3n) is 4.21. The Bertz CT molecular complexity index is 670. The molecule has 1 aliphatic heterocycles. The van der Waals surface area contributed by atoms with Crippen LogP contribution < -0.4 is 0 Å². The van der Waals surface area contributed by atoms with Gasteiger partial charge in [-0.3, -0.25) is 0 Å². The molecule has 1 saturated heterocycles. The minimum Gasteiger partial charge on any atom is -0.345 e. The molecule has 2 atom stereocenters. The zero-order chi connectivity index (χ0) is 17.2. The van der Waals surface area contributed by atoms with E-state index in [2.05, 4.69) is 11.9 Å². The number of imidazole rings is 1. The third-order valence-corrected chi connectivity index (χ3v) is 5.11. The first-order valence-corrected chi connectivity index (χ1v) is 9.05. The molecule has 0 amide bonds. The zero-order valence-corrected chi connectivity index (χ0v) is 15.6. The summed E-state index contributed by atoms with van der Waals surface area (Å²) in [4.78, 5) is 4.09. The summed E-state index contributed by atoms with van der Waals surface area (Å²) in [5.74, 6) is -0.701. The second kappa shape index (κ2) is 7.63. The van der Waals surface area contributed by atoms with E-state index >= 15 is 0 Å². The second-order valence-electron chi connectivity index (χ2n) is 5.95. The van der Waals surface area contributed by atoms with Gasteiger partial charge in [-0.25, -0.2) is 4.98 Å². The summed E-state index contributed by atoms with van der Waals surface area (Å²) in [5.41, 5.74) is 0.861. The summed E-state index contributed by atoms with van der Waals surface area (Å²) in [5, 5.41) is 1.66. The van der Waals surface area contributed by atoms with Gasteiger partial charge in [-0.15, -0.1) is 0 Å². The van der Waals surface area contributed by atoms with Gasteiger partial charge in [0.25, 0.3) is 0 Å². The maximum absolute atomic E-state index is 6.30. The first kappa shape index (κ1) is 18.0. The van der Waals surface area contributed by atoms with Gasteiger partial charge in [0, 0.05) is 33.9 Å².